The fourth-order valence-corrected chi connectivity index (χ4v) is 5.21. The van der Waals surface area contributed by atoms with Gasteiger partial charge in [-0.15, -0.1) is 0 Å². The first-order valence-corrected chi connectivity index (χ1v) is 11.6. The topological polar surface area (TPSA) is 62.3 Å². The number of hydrogen-bond acceptors (Lipinski definition) is 3. The zero-order valence-electron chi connectivity index (χ0n) is 18.7. The van der Waals surface area contributed by atoms with E-state index >= 15 is 0 Å². The molecule has 164 valence electrons. The van der Waals surface area contributed by atoms with Crippen LogP contribution in [-0.4, -0.2) is 28.2 Å². The van der Waals surface area contributed by atoms with Crippen molar-refractivity contribution in [3.63, 3.8) is 0 Å². The molecule has 0 spiro atoms. The van der Waals surface area contributed by atoms with E-state index in [0.29, 0.717) is 6.54 Å². The zero-order valence-corrected chi connectivity index (χ0v) is 18.7. The Morgan fingerprint density at radius 3 is 2.45 bits per heavy atom. The average molecular weight is 420 g/mol. The minimum absolute atomic E-state index is 0.0339. The lowest BCUT2D eigenvalue weighted by Crippen LogP contribution is -2.48. The first-order chi connectivity index (χ1) is 15.0. The van der Waals surface area contributed by atoms with Gasteiger partial charge in [0.05, 0.1) is 17.2 Å². The number of aromatic nitrogens is 1. The molecule has 5 heteroatoms. The van der Waals surface area contributed by atoms with E-state index in [1.807, 2.05) is 18.3 Å². The summed E-state index contributed by atoms with van der Waals surface area (Å²) in [7, 11) is 0. The Morgan fingerprint density at radius 2 is 1.81 bits per heavy atom. The van der Waals surface area contributed by atoms with Crippen LogP contribution in [0.2, 0.25) is 0 Å². The predicted molar refractivity (Wildman–Crippen MR) is 121 cm³/mol. The van der Waals surface area contributed by atoms with Crippen LogP contribution in [0.1, 0.15) is 80.3 Å². The molecule has 0 unspecified atom stereocenters. The van der Waals surface area contributed by atoms with Crippen LogP contribution in [0.4, 0.5) is 0 Å². The molecule has 1 aromatic carbocycles. The Hall–Kier alpha value is -2.69. The van der Waals surface area contributed by atoms with Crippen LogP contribution in [0.25, 0.3) is 0 Å². The summed E-state index contributed by atoms with van der Waals surface area (Å²) in [5, 5.41) is 2.80. The normalized spacial score (nSPS) is 20.5. The van der Waals surface area contributed by atoms with Gasteiger partial charge in [-0.05, 0) is 49.8 Å². The summed E-state index contributed by atoms with van der Waals surface area (Å²) in [5.74, 6) is 0.230. The predicted octanol–water partition coefficient (Wildman–Crippen LogP) is 4.59. The standard InChI is InChI=1S/C26H33N3O2/c1-19-8-11-22(12-9-19)26(14-4-3-5-15-26)25(31)29-16-6-7-24(29)23-13-10-21(18-28-23)17-27-20(2)30/h8-13,18,24H,3-7,14-17H2,1-2H3,(H,27,30)/t24-/m1/s1. The summed E-state index contributed by atoms with van der Waals surface area (Å²) in [6.45, 7) is 4.88. The van der Waals surface area contributed by atoms with Crippen molar-refractivity contribution in [1.82, 2.24) is 15.2 Å². The van der Waals surface area contributed by atoms with Crippen molar-refractivity contribution in [2.45, 2.75) is 76.8 Å². The number of benzene rings is 1. The number of pyridine rings is 1. The molecule has 2 aromatic rings. The molecule has 1 aliphatic heterocycles. The number of carbonyl (C=O) groups excluding carboxylic acids is 2. The van der Waals surface area contributed by atoms with E-state index in [9.17, 15) is 9.59 Å². The molecule has 1 aromatic heterocycles. The molecule has 0 bridgehead atoms. The number of nitrogens with one attached hydrogen (secondary N) is 1. The van der Waals surface area contributed by atoms with Crippen molar-refractivity contribution in [2.24, 2.45) is 0 Å². The molecule has 4 rings (SSSR count). The highest BCUT2D eigenvalue weighted by Crippen LogP contribution is 2.44. The summed E-state index contributed by atoms with van der Waals surface area (Å²) in [6, 6.07) is 12.7. The van der Waals surface area contributed by atoms with Crippen LogP contribution in [0.15, 0.2) is 42.6 Å². The number of hydrogen-bond donors (Lipinski definition) is 1. The third-order valence-electron chi connectivity index (χ3n) is 6.96. The maximum Gasteiger partial charge on any atom is 0.233 e. The van der Waals surface area contributed by atoms with Gasteiger partial charge in [-0.3, -0.25) is 14.6 Å². The first-order valence-electron chi connectivity index (χ1n) is 11.6. The summed E-state index contributed by atoms with van der Waals surface area (Å²) >= 11 is 0. The van der Waals surface area contributed by atoms with Gasteiger partial charge in [0, 0.05) is 26.2 Å². The van der Waals surface area contributed by atoms with E-state index in [4.69, 9.17) is 0 Å². The van der Waals surface area contributed by atoms with Gasteiger partial charge < -0.3 is 10.2 Å². The highest BCUT2D eigenvalue weighted by atomic mass is 16.2. The number of rotatable bonds is 5. The van der Waals surface area contributed by atoms with Gasteiger partial charge in [0.25, 0.3) is 0 Å². The second-order valence-corrected chi connectivity index (χ2v) is 9.17. The molecular weight excluding hydrogens is 386 g/mol. The monoisotopic (exact) mass is 419 g/mol. The number of aryl methyl sites for hydroxylation is 1. The lowest BCUT2D eigenvalue weighted by atomic mass is 9.68. The Morgan fingerprint density at radius 1 is 1.06 bits per heavy atom. The Bertz CT molecular complexity index is 915. The maximum atomic E-state index is 14.1. The van der Waals surface area contributed by atoms with Crippen molar-refractivity contribution in [2.75, 3.05) is 6.54 Å². The number of nitrogens with zero attached hydrogens (tertiary/aromatic N) is 2. The molecule has 31 heavy (non-hydrogen) atoms. The quantitative estimate of drug-likeness (QED) is 0.771. The van der Waals surface area contributed by atoms with Crippen LogP contribution in [0.5, 0.6) is 0 Å². The second kappa shape index (κ2) is 9.21. The fourth-order valence-electron chi connectivity index (χ4n) is 5.21. The highest BCUT2D eigenvalue weighted by molar-refractivity contribution is 5.89. The van der Waals surface area contributed by atoms with Gasteiger partial charge in [-0.1, -0.05) is 55.2 Å². The summed E-state index contributed by atoms with van der Waals surface area (Å²) in [4.78, 5) is 32.0. The van der Waals surface area contributed by atoms with Gasteiger partial charge in [0.15, 0.2) is 0 Å². The fraction of sp³-hybridized carbons (Fsp3) is 0.500. The van der Waals surface area contributed by atoms with Crippen LogP contribution < -0.4 is 5.32 Å². The van der Waals surface area contributed by atoms with Crippen molar-refractivity contribution in [3.8, 4) is 0 Å². The zero-order chi connectivity index (χ0) is 21.8. The minimum atomic E-state index is -0.403. The minimum Gasteiger partial charge on any atom is -0.352 e. The number of likely N-dealkylation sites (tertiary alicyclic amines) is 1. The van der Waals surface area contributed by atoms with Crippen LogP contribution in [0, 0.1) is 6.92 Å². The summed E-state index contributed by atoms with van der Waals surface area (Å²) in [5.41, 5.74) is 3.92. The highest BCUT2D eigenvalue weighted by Gasteiger charge is 2.46. The molecule has 2 heterocycles. The molecule has 1 saturated heterocycles. The average Bonchev–Trinajstić information content (AvgIpc) is 3.28. The van der Waals surface area contributed by atoms with Gasteiger partial charge in [0.2, 0.25) is 11.8 Å². The Labute approximate surface area is 185 Å². The Kier molecular flexibility index (Phi) is 6.40. The van der Waals surface area contributed by atoms with E-state index in [1.165, 1.54) is 24.5 Å². The molecule has 0 radical (unpaired) electrons. The van der Waals surface area contributed by atoms with Crippen LogP contribution >= 0.6 is 0 Å². The SMILES string of the molecule is CC(=O)NCc1ccc([C@H]2CCCN2C(=O)C2(c3ccc(C)cc3)CCCCC2)nc1. The van der Waals surface area contributed by atoms with Gasteiger partial charge >= 0.3 is 0 Å². The molecule has 5 nitrogen and oxygen atoms in total. The summed E-state index contributed by atoms with van der Waals surface area (Å²) in [6.07, 6.45) is 9.07. The first kappa shape index (κ1) is 21.5. The van der Waals surface area contributed by atoms with E-state index in [1.54, 1.807) is 0 Å². The molecule has 1 aliphatic carbocycles. The lowest BCUT2D eigenvalue weighted by Gasteiger charge is -2.41. The smallest absolute Gasteiger partial charge is 0.233 e. The molecule has 2 aliphatic rings. The van der Waals surface area contributed by atoms with E-state index in [2.05, 4.69) is 46.4 Å². The molecule has 1 atom stereocenters. The molecular formula is C26H33N3O2. The molecule has 1 N–H and O–H groups in total. The molecule has 1 saturated carbocycles. The van der Waals surface area contributed by atoms with E-state index in [-0.39, 0.29) is 17.9 Å². The second-order valence-electron chi connectivity index (χ2n) is 9.17. The van der Waals surface area contributed by atoms with Crippen molar-refractivity contribution >= 4 is 11.8 Å². The van der Waals surface area contributed by atoms with Crippen molar-refractivity contribution in [3.05, 3.63) is 65.0 Å². The van der Waals surface area contributed by atoms with Crippen LogP contribution in [0.3, 0.4) is 0 Å². The van der Waals surface area contributed by atoms with Crippen molar-refractivity contribution < 1.29 is 9.59 Å². The van der Waals surface area contributed by atoms with E-state index < -0.39 is 5.41 Å². The number of amides is 2. The third kappa shape index (κ3) is 4.51. The number of carbonyl (C=O) groups is 2. The molecule has 2 amide bonds. The van der Waals surface area contributed by atoms with Crippen LogP contribution in [-0.2, 0) is 21.5 Å². The van der Waals surface area contributed by atoms with Gasteiger partial charge in [-0.25, -0.2) is 0 Å². The largest absolute Gasteiger partial charge is 0.352 e. The molecule has 2 fully saturated rings. The van der Waals surface area contributed by atoms with Crippen molar-refractivity contribution in [1.29, 1.82) is 0 Å². The van der Waals surface area contributed by atoms with Gasteiger partial charge in [-0.2, -0.15) is 0 Å². The van der Waals surface area contributed by atoms with Gasteiger partial charge in [0.1, 0.15) is 0 Å². The Balaban J connectivity index is 1.58. The summed E-state index contributed by atoms with van der Waals surface area (Å²) < 4.78 is 0. The third-order valence-corrected chi connectivity index (χ3v) is 6.96. The van der Waals surface area contributed by atoms with E-state index in [0.717, 1.165) is 56.3 Å². The lowest BCUT2D eigenvalue weighted by molar-refractivity contribution is -0.140. The maximum absolute atomic E-state index is 14.1.